The highest BCUT2D eigenvalue weighted by Crippen LogP contribution is 2.14. The van der Waals surface area contributed by atoms with Gasteiger partial charge in [-0.05, 0) is 38.3 Å². The van der Waals surface area contributed by atoms with Gasteiger partial charge in [-0.1, -0.05) is 6.92 Å². The van der Waals surface area contributed by atoms with Crippen molar-refractivity contribution in [3.63, 3.8) is 0 Å². The third kappa shape index (κ3) is 4.94. The van der Waals surface area contributed by atoms with Crippen LogP contribution in [0.2, 0.25) is 0 Å². The Kier molecular flexibility index (Phi) is 5.21. The van der Waals surface area contributed by atoms with Crippen LogP contribution in [0, 0.1) is 5.92 Å². The average Bonchev–Trinajstić information content (AvgIpc) is 2.66. The first-order chi connectivity index (χ1) is 7.53. The molecule has 1 heterocycles. The molecule has 1 rings (SSSR count). The van der Waals surface area contributed by atoms with Gasteiger partial charge in [0.25, 0.3) is 0 Å². The standard InChI is InChI=1S/C10H20N2O3S/c1-2-7-16(14,15)12-10(13)4-3-9-5-6-11-8-9/h9,11H,2-8H2,1H3,(H,12,13). The summed E-state index contributed by atoms with van der Waals surface area (Å²) in [6, 6.07) is 0. The minimum atomic E-state index is -3.39. The Bertz CT molecular complexity index is 321. The maximum Gasteiger partial charge on any atom is 0.234 e. The lowest BCUT2D eigenvalue weighted by atomic mass is 10.0. The molecule has 5 nitrogen and oxygen atoms in total. The number of hydrogen-bond donors (Lipinski definition) is 2. The molecule has 16 heavy (non-hydrogen) atoms. The van der Waals surface area contributed by atoms with Crippen LogP contribution >= 0.6 is 0 Å². The molecule has 0 saturated carbocycles. The molecule has 1 aliphatic rings. The number of carbonyl (C=O) groups is 1. The van der Waals surface area contributed by atoms with E-state index in [1.54, 1.807) is 6.92 Å². The zero-order valence-electron chi connectivity index (χ0n) is 9.66. The second kappa shape index (κ2) is 6.20. The van der Waals surface area contributed by atoms with E-state index in [0.717, 1.165) is 25.9 Å². The molecule has 0 aromatic heterocycles. The van der Waals surface area contributed by atoms with Gasteiger partial charge in [0.2, 0.25) is 15.9 Å². The summed E-state index contributed by atoms with van der Waals surface area (Å²) >= 11 is 0. The van der Waals surface area contributed by atoms with E-state index >= 15 is 0 Å². The van der Waals surface area contributed by atoms with E-state index in [0.29, 0.717) is 18.8 Å². The molecule has 1 saturated heterocycles. The molecule has 0 radical (unpaired) electrons. The molecule has 6 heteroatoms. The first-order valence-electron chi connectivity index (χ1n) is 5.77. The van der Waals surface area contributed by atoms with Crippen LogP contribution in [-0.4, -0.2) is 33.2 Å². The normalized spacial score (nSPS) is 20.9. The fourth-order valence-electron chi connectivity index (χ4n) is 1.84. The highest BCUT2D eigenvalue weighted by Gasteiger charge is 2.18. The van der Waals surface area contributed by atoms with Gasteiger partial charge in [-0.2, -0.15) is 0 Å². The molecule has 0 aromatic carbocycles. The first-order valence-corrected chi connectivity index (χ1v) is 7.43. The quantitative estimate of drug-likeness (QED) is 0.705. The summed E-state index contributed by atoms with van der Waals surface area (Å²) in [6.45, 7) is 3.71. The summed E-state index contributed by atoms with van der Waals surface area (Å²) in [4.78, 5) is 11.4. The third-order valence-corrected chi connectivity index (χ3v) is 4.17. The Morgan fingerprint density at radius 3 is 2.81 bits per heavy atom. The molecule has 0 bridgehead atoms. The van der Waals surface area contributed by atoms with E-state index in [1.165, 1.54) is 0 Å². The lowest BCUT2D eigenvalue weighted by Gasteiger charge is -2.08. The third-order valence-electron chi connectivity index (χ3n) is 2.68. The van der Waals surface area contributed by atoms with Crippen LogP contribution in [0.25, 0.3) is 0 Å². The van der Waals surface area contributed by atoms with Gasteiger partial charge < -0.3 is 5.32 Å². The summed E-state index contributed by atoms with van der Waals surface area (Å²) in [5.41, 5.74) is 0. The zero-order chi connectivity index (χ0) is 12.0. The first kappa shape index (κ1) is 13.4. The van der Waals surface area contributed by atoms with Crippen LogP contribution in [0.3, 0.4) is 0 Å². The van der Waals surface area contributed by atoms with Crippen LogP contribution in [0.4, 0.5) is 0 Å². The Labute approximate surface area is 97.0 Å². The Balaban J connectivity index is 2.24. The maximum absolute atomic E-state index is 11.4. The predicted molar refractivity (Wildman–Crippen MR) is 62.4 cm³/mol. The van der Waals surface area contributed by atoms with E-state index in [9.17, 15) is 13.2 Å². The highest BCUT2D eigenvalue weighted by atomic mass is 32.2. The van der Waals surface area contributed by atoms with Gasteiger partial charge in [-0.25, -0.2) is 8.42 Å². The SMILES string of the molecule is CCCS(=O)(=O)NC(=O)CCC1CCNC1. The summed E-state index contributed by atoms with van der Waals surface area (Å²) < 4.78 is 24.7. The summed E-state index contributed by atoms with van der Waals surface area (Å²) in [5, 5.41) is 3.21. The summed E-state index contributed by atoms with van der Waals surface area (Å²) in [7, 11) is -3.39. The van der Waals surface area contributed by atoms with Crippen molar-refractivity contribution in [2.75, 3.05) is 18.8 Å². The molecule has 1 atom stereocenters. The molecule has 0 spiro atoms. The Hall–Kier alpha value is -0.620. The van der Waals surface area contributed by atoms with Gasteiger partial charge in [0.05, 0.1) is 5.75 Å². The molecule has 1 aliphatic heterocycles. The number of rotatable bonds is 6. The van der Waals surface area contributed by atoms with Crippen molar-refractivity contribution in [3.05, 3.63) is 0 Å². The molecular weight excluding hydrogens is 228 g/mol. The van der Waals surface area contributed by atoms with Crippen molar-refractivity contribution in [1.82, 2.24) is 10.0 Å². The Morgan fingerprint density at radius 1 is 1.50 bits per heavy atom. The van der Waals surface area contributed by atoms with Crippen molar-refractivity contribution < 1.29 is 13.2 Å². The van der Waals surface area contributed by atoms with Crippen LogP contribution < -0.4 is 10.0 Å². The monoisotopic (exact) mass is 248 g/mol. The van der Waals surface area contributed by atoms with Crippen molar-refractivity contribution in [2.24, 2.45) is 5.92 Å². The van der Waals surface area contributed by atoms with Crippen molar-refractivity contribution in [1.29, 1.82) is 0 Å². The number of carbonyl (C=O) groups excluding carboxylic acids is 1. The second-order valence-corrected chi connectivity index (χ2v) is 6.08. The molecular formula is C10H20N2O3S. The minimum Gasteiger partial charge on any atom is -0.316 e. The van der Waals surface area contributed by atoms with Gasteiger partial charge in [0.15, 0.2) is 0 Å². The zero-order valence-corrected chi connectivity index (χ0v) is 10.5. The number of amides is 1. The van der Waals surface area contributed by atoms with E-state index in [1.807, 2.05) is 0 Å². The van der Waals surface area contributed by atoms with Crippen LogP contribution in [0.1, 0.15) is 32.6 Å². The van der Waals surface area contributed by atoms with Gasteiger partial charge >= 0.3 is 0 Å². The predicted octanol–water partition coefficient (Wildman–Crippen LogP) is 0.232. The molecule has 0 aromatic rings. The molecule has 1 unspecified atom stereocenters. The van der Waals surface area contributed by atoms with E-state index in [-0.39, 0.29) is 11.7 Å². The fourth-order valence-corrected chi connectivity index (χ4v) is 2.93. The van der Waals surface area contributed by atoms with Gasteiger partial charge in [0, 0.05) is 6.42 Å². The molecule has 2 N–H and O–H groups in total. The maximum atomic E-state index is 11.4. The largest absolute Gasteiger partial charge is 0.316 e. The summed E-state index contributed by atoms with van der Waals surface area (Å²) in [6.07, 6.45) is 2.67. The van der Waals surface area contributed by atoms with Gasteiger partial charge in [-0.3, -0.25) is 9.52 Å². The minimum absolute atomic E-state index is 0.0176. The fraction of sp³-hybridized carbons (Fsp3) is 0.900. The average molecular weight is 248 g/mol. The van der Waals surface area contributed by atoms with E-state index < -0.39 is 10.0 Å². The second-order valence-electron chi connectivity index (χ2n) is 4.24. The Morgan fingerprint density at radius 2 is 2.25 bits per heavy atom. The molecule has 94 valence electrons. The molecule has 1 amide bonds. The smallest absolute Gasteiger partial charge is 0.234 e. The van der Waals surface area contributed by atoms with Crippen molar-refractivity contribution >= 4 is 15.9 Å². The highest BCUT2D eigenvalue weighted by molar-refractivity contribution is 7.90. The van der Waals surface area contributed by atoms with Gasteiger partial charge in [-0.15, -0.1) is 0 Å². The van der Waals surface area contributed by atoms with Crippen molar-refractivity contribution in [2.45, 2.75) is 32.6 Å². The van der Waals surface area contributed by atoms with E-state index in [2.05, 4.69) is 10.0 Å². The molecule has 1 fully saturated rings. The van der Waals surface area contributed by atoms with E-state index in [4.69, 9.17) is 0 Å². The number of nitrogens with one attached hydrogen (secondary N) is 2. The number of sulfonamides is 1. The molecule has 0 aliphatic carbocycles. The summed E-state index contributed by atoms with van der Waals surface area (Å²) in [5.74, 6) is 0.156. The number of hydrogen-bond acceptors (Lipinski definition) is 4. The topological polar surface area (TPSA) is 75.3 Å². The lowest BCUT2D eigenvalue weighted by molar-refractivity contribution is -0.119. The van der Waals surface area contributed by atoms with Crippen LogP contribution in [0.5, 0.6) is 0 Å². The van der Waals surface area contributed by atoms with Gasteiger partial charge in [0.1, 0.15) is 0 Å². The van der Waals surface area contributed by atoms with Crippen LogP contribution in [0.15, 0.2) is 0 Å². The van der Waals surface area contributed by atoms with Crippen LogP contribution in [-0.2, 0) is 14.8 Å². The van der Waals surface area contributed by atoms with Crippen molar-refractivity contribution in [3.8, 4) is 0 Å². The lowest BCUT2D eigenvalue weighted by Crippen LogP contribution is -2.32.